The number of hydrogen-bond acceptors (Lipinski definition) is 4. The van der Waals surface area contributed by atoms with Gasteiger partial charge in [0.25, 0.3) is 0 Å². The number of ether oxygens (including phenoxy) is 1. The number of thiophene rings is 1. The summed E-state index contributed by atoms with van der Waals surface area (Å²) >= 11 is 1.69. The highest BCUT2D eigenvalue weighted by atomic mass is 32.1. The quantitative estimate of drug-likeness (QED) is 0.854. The van der Waals surface area contributed by atoms with Gasteiger partial charge in [-0.05, 0) is 17.9 Å². The standard InChI is InChI=1S/C13H20N2O2S/c1-2-11(12-4-3-7-18-12)15-13(16)8-10-9-17-6-5-14-10/h3-4,7,10-11,14H,2,5-6,8-9H2,1H3,(H,15,16). The molecule has 1 amide bonds. The van der Waals surface area contributed by atoms with Gasteiger partial charge in [0.2, 0.25) is 5.91 Å². The van der Waals surface area contributed by atoms with E-state index in [1.54, 1.807) is 11.3 Å². The molecule has 2 rings (SSSR count). The lowest BCUT2D eigenvalue weighted by molar-refractivity contribution is -0.123. The van der Waals surface area contributed by atoms with Crippen LogP contribution in [0.4, 0.5) is 0 Å². The van der Waals surface area contributed by atoms with Crippen molar-refractivity contribution >= 4 is 17.2 Å². The van der Waals surface area contributed by atoms with Crippen LogP contribution in [0.1, 0.15) is 30.7 Å². The van der Waals surface area contributed by atoms with E-state index in [1.165, 1.54) is 4.88 Å². The van der Waals surface area contributed by atoms with Crippen LogP contribution < -0.4 is 10.6 Å². The van der Waals surface area contributed by atoms with E-state index in [0.29, 0.717) is 13.0 Å². The largest absolute Gasteiger partial charge is 0.378 e. The van der Waals surface area contributed by atoms with Gasteiger partial charge in [-0.2, -0.15) is 0 Å². The number of hydrogen-bond donors (Lipinski definition) is 2. The fourth-order valence-corrected chi connectivity index (χ4v) is 2.95. The summed E-state index contributed by atoms with van der Waals surface area (Å²) in [6, 6.07) is 4.38. The SMILES string of the molecule is CCC(NC(=O)CC1COCCN1)c1cccs1. The topological polar surface area (TPSA) is 50.4 Å². The summed E-state index contributed by atoms with van der Waals surface area (Å²) in [4.78, 5) is 13.2. The predicted molar refractivity (Wildman–Crippen MR) is 72.7 cm³/mol. The van der Waals surface area contributed by atoms with E-state index < -0.39 is 0 Å². The summed E-state index contributed by atoms with van der Waals surface area (Å²) in [5, 5.41) is 8.43. The summed E-state index contributed by atoms with van der Waals surface area (Å²) < 4.78 is 5.35. The highest BCUT2D eigenvalue weighted by molar-refractivity contribution is 7.10. The Morgan fingerprint density at radius 3 is 3.22 bits per heavy atom. The van der Waals surface area contributed by atoms with Gasteiger partial charge in [0, 0.05) is 23.9 Å². The number of carbonyl (C=O) groups is 1. The Morgan fingerprint density at radius 2 is 2.61 bits per heavy atom. The van der Waals surface area contributed by atoms with Gasteiger partial charge in [0.1, 0.15) is 0 Å². The van der Waals surface area contributed by atoms with Crippen LogP contribution in [0.2, 0.25) is 0 Å². The Morgan fingerprint density at radius 1 is 1.72 bits per heavy atom. The average molecular weight is 268 g/mol. The summed E-state index contributed by atoms with van der Waals surface area (Å²) in [6.45, 7) is 4.29. The fraction of sp³-hybridized carbons (Fsp3) is 0.615. The van der Waals surface area contributed by atoms with Crippen LogP contribution in [0.5, 0.6) is 0 Å². The van der Waals surface area contributed by atoms with E-state index in [1.807, 2.05) is 11.4 Å². The molecule has 18 heavy (non-hydrogen) atoms. The first kappa shape index (κ1) is 13.5. The van der Waals surface area contributed by atoms with Crippen molar-refractivity contribution in [3.63, 3.8) is 0 Å². The second-order valence-electron chi connectivity index (χ2n) is 4.47. The van der Waals surface area contributed by atoms with E-state index in [-0.39, 0.29) is 18.0 Å². The van der Waals surface area contributed by atoms with E-state index in [4.69, 9.17) is 4.74 Å². The maximum absolute atomic E-state index is 12.0. The highest BCUT2D eigenvalue weighted by Crippen LogP contribution is 2.21. The van der Waals surface area contributed by atoms with Crippen LogP contribution in [0.3, 0.4) is 0 Å². The lowest BCUT2D eigenvalue weighted by Gasteiger charge is -2.24. The first-order valence-electron chi connectivity index (χ1n) is 6.43. The second-order valence-corrected chi connectivity index (χ2v) is 5.45. The molecular formula is C13H20N2O2S. The minimum absolute atomic E-state index is 0.0956. The van der Waals surface area contributed by atoms with Crippen molar-refractivity contribution in [2.24, 2.45) is 0 Å². The predicted octanol–water partition coefficient (Wildman–Crippen LogP) is 1.69. The average Bonchev–Trinajstić information content (AvgIpc) is 2.91. The number of nitrogens with one attached hydrogen (secondary N) is 2. The molecule has 1 aliphatic rings. The smallest absolute Gasteiger partial charge is 0.222 e. The summed E-state index contributed by atoms with van der Waals surface area (Å²) in [6.07, 6.45) is 1.41. The molecule has 0 spiro atoms. The first-order valence-corrected chi connectivity index (χ1v) is 7.31. The molecule has 1 aliphatic heterocycles. The second kappa shape index (κ2) is 6.87. The van der Waals surface area contributed by atoms with Gasteiger partial charge in [-0.3, -0.25) is 4.79 Å². The maximum atomic E-state index is 12.0. The molecule has 5 heteroatoms. The first-order chi connectivity index (χ1) is 8.79. The zero-order chi connectivity index (χ0) is 12.8. The van der Waals surface area contributed by atoms with Gasteiger partial charge in [0.05, 0.1) is 19.3 Å². The zero-order valence-electron chi connectivity index (χ0n) is 10.6. The minimum Gasteiger partial charge on any atom is -0.378 e. The van der Waals surface area contributed by atoms with Crippen LogP contribution in [0, 0.1) is 0 Å². The van der Waals surface area contributed by atoms with Gasteiger partial charge < -0.3 is 15.4 Å². The third-order valence-corrected chi connectivity index (χ3v) is 4.05. The van der Waals surface area contributed by atoms with Crippen molar-refractivity contribution in [2.45, 2.75) is 31.8 Å². The summed E-state index contributed by atoms with van der Waals surface area (Å²) in [7, 11) is 0. The lowest BCUT2D eigenvalue weighted by Crippen LogP contribution is -2.44. The van der Waals surface area contributed by atoms with E-state index >= 15 is 0 Å². The molecule has 0 aliphatic carbocycles. The number of rotatable bonds is 5. The molecule has 2 atom stereocenters. The molecule has 100 valence electrons. The molecule has 1 aromatic rings. The third-order valence-electron chi connectivity index (χ3n) is 3.06. The molecule has 4 nitrogen and oxygen atoms in total. The van der Waals surface area contributed by atoms with Crippen molar-refractivity contribution < 1.29 is 9.53 Å². The van der Waals surface area contributed by atoms with Gasteiger partial charge in [-0.15, -0.1) is 11.3 Å². The number of carbonyl (C=O) groups excluding carboxylic acids is 1. The molecule has 1 saturated heterocycles. The van der Waals surface area contributed by atoms with E-state index in [2.05, 4.69) is 23.6 Å². The highest BCUT2D eigenvalue weighted by Gasteiger charge is 2.19. The van der Waals surface area contributed by atoms with Crippen LogP contribution in [0.15, 0.2) is 17.5 Å². The Balaban J connectivity index is 1.82. The molecule has 2 unspecified atom stereocenters. The Bertz CT molecular complexity index is 361. The third kappa shape index (κ3) is 3.80. The molecular weight excluding hydrogens is 248 g/mol. The molecule has 1 fully saturated rings. The van der Waals surface area contributed by atoms with Crippen molar-refractivity contribution in [1.82, 2.24) is 10.6 Å². The van der Waals surface area contributed by atoms with Crippen LogP contribution in [-0.4, -0.2) is 31.7 Å². The molecule has 1 aromatic heterocycles. The Labute approximate surface area is 112 Å². The van der Waals surface area contributed by atoms with Crippen molar-refractivity contribution in [1.29, 1.82) is 0 Å². The molecule has 0 aromatic carbocycles. The summed E-state index contributed by atoms with van der Waals surface area (Å²) in [5.41, 5.74) is 0. The van der Waals surface area contributed by atoms with Crippen molar-refractivity contribution in [3.05, 3.63) is 22.4 Å². The number of morpholine rings is 1. The van der Waals surface area contributed by atoms with E-state index in [0.717, 1.165) is 19.6 Å². The van der Waals surface area contributed by atoms with Gasteiger partial charge in [0.15, 0.2) is 0 Å². The van der Waals surface area contributed by atoms with Gasteiger partial charge >= 0.3 is 0 Å². The maximum Gasteiger partial charge on any atom is 0.222 e. The van der Waals surface area contributed by atoms with Crippen molar-refractivity contribution in [2.75, 3.05) is 19.8 Å². The van der Waals surface area contributed by atoms with Crippen molar-refractivity contribution in [3.8, 4) is 0 Å². The number of amides is 1. The Kier molecular flexibility index (Phi) is 5.16. The molecule has 2 N–H and O–H groups in total. The van der Waals surface area contributed by atoms with Crippen LogP contribution >= 0.6 is 11.3 Å². The molecule has 2 heterocycles. The van der Waals surface area contributed by atoms with Crippen LogP contribution in [0.25, 0.3) is 0 Å². The fourth-order valence-electron chi connectivity index (χ4n) is 2.09. The minimum atomic E-state index is 0.0956. The molecule has 0 saturated carbocycles. The normalized spacial score (nSPS) is 21.5. The molecule has 0 bridgehead atoms. The van der Waals surface area contributed by atoms with Gasteiger partial charge in [-0.1, -0.05) is 13.0 Å². The van der Waals surface area contributed by atoms with E-state index in [9.17, 15) is 4.79 Å². The zero-order valence-corrected chi connectivity index (χ0v) is 11.5. The lowest BCUT2D eigenvalue weighted by atomic mass is 10.1. The Hall–Kier alpha value is -0.910. The summed E-state index contributed by atoms with van der Waals surface area (Å²) in [5.74, 6) is 0.0956. The monoisotopic (exact) mass is 268 g/mol. The van der Waals surface area contributed by atoms with Crippen LogP contribution in [-0.2, 0) is 9.53 Å². The molecule has 0 radical (unpaired) electrons. The van der Waals surface area contributed by atoms with Gasteiger partial charge in [-0.25, -0.2) is 0 Å².